The van der Waals surface area contributed by atoms with Gasteiger partial charge < -0.3 is 0 Å². The number of hydrogen-bond donors (Lipinski definition) is 0. The molecule has 96 valence electrons. The maximum Gasteiger partial charge on any atom is 0.194 e. The van der Waals surface area contributed by atoms with Crippen LogP contribution < -0.4 is 0 Å². The van der Waals surface area contributed by atoms with E-state index in [-0.39, 0.29) is 5.78 Å². The van der Waals surface area contributed by atoms with Crippen molar-refractivity contribution in [3.8, 4) is 6.07 Å². The molecule has 2 nitrogen and oxygen atoms in total. The number of ketones is 1. The van der Waals surface area contributed by atoms with Gasteiger partial charge in [0.25, 0.3) is 0 Å². The second-order valence-corrected chi connectivity index (χ2v) is 5.57. The lowest BCUT2D eigenvalue weighted by atomic mass is 9.95. The van der Waals surface area contributed by atoms with Crippen molar-refractivity contribution in [2.45, 2.75) is 5.92 Å². The van der Waals surface area contributed by atoms with Gasteiger partial charge in [0.1, 0.15) is 5.92 Å². The third kappa shape index (κ3) is 2.22. The van der Waals surface area contributed by atoms with Crippen LogP contribution in [-0.4, -0.2) is 5.78 Å². The van der Waals surface area contributed by atoms with Crippen molar-refractivity contribution in [1.82, 2.24) is 0 Å². The van der Waals surface area contributed by atoms with Crippen LogP contribution >= 0.6 is 11.3 Å². The second kappa shape index (κ2) is 5.28. The number of thiophene rings is 1. The van der Waals surface area contributed by atoms with Crippen LogP contribution in [0, 0.1) is 11.3 Å². The smallest absolute Gasteiger partial charge is 0.194 e. The normalized spacial score (nSPS) is 11.9. The summed E-state index contributed by atoms with van der Waals surface area (Å²) in [6.07, 6.45) is 0. The number of nitrogens with zero attached hydrogens (tertiary/aromatic N) is 1. The van der Waals surface area contributed by atoms with Crippen LogP contribution in [-0.2, 0) is 0 Å². The van der Waals surface area contributed by atoms with Gasteiger partial charge in [0.05, 0.1) is 10.9 Å². The Bertz CT molecular complexity index is 765. The molecule has 20 heavy (non-hydrogen) atoms. The van der Waals surface area contributed by atoms with E-state index in [9.17, 15) is 10.1 Å². The number of carbonyl (C=O) groups is 1. The highest BCUT2D eigenvalue weighted by molar-refractivity contribution is 7.20. The summed E-state index contributed by atoms with van der Waals surface area (Å²) in [5.74, 6) is -0.857. The van der Waals surface area contributed by atoms with Crippen molar-refractivity contribution >= 4 is 27.2 Å². The quantitative estimate of drug-likeness (QED) is 0.666. The Labute approximate surface area is 120 Å². The van der Waals surface area contributed by atoms with Crippen LogP contribution in [0.4, 0.5) is 0 Å². The molecule has 1 aromatic heterocycles. The fourth-order valence-electron chi connectivity index (χ4n) is 2.18. The molecule has 1 atom stereocenters. The van der Waals surface area contributed by atoms with Crippen LogP contribution in [0.15, 0.2) is 60.7 Å². The van der Waals surface area contributed by atoms with Crippen LogP contribution in [0.5, 0.6) is 0 Å². The number of Topliss-reactive ketones (excluding diaryl/α,β-unsaturated/α-hetero) is 1. The Hall–Kier alpha value is -2.44. The van der Waals surface area contributed by atoms with Gasteiger partial charge in [-0.15, -0.1) is 11.3 Å². The minimum atomic E-state index is -0.732. The average molecular weight is 277 g/mol. The summed E-state index contributed by atoms with van der Waals surface area (Å²) in [4.78, 5) is 13.2. The highest BCUT2D eigenvalue weighted by Crippen LogP contribution is 2.29. The molecular formula is C17H11NOS. The van der Waals surface area contributed by atoms with Crippen LogP contribution in [0.25, 0.3) is 10.1 Å². The average Bonchev–Trinajstić information content (AvgIpc) is 2.93. The molecule has 0 aliphatic carbocycles. The molecule has 0 saturated carbocycles. The maximum absolute atomic E-state index is 12.5. The van der Waals surface area contributed by atoms with Gasteiger partial charge in [-0.2, -0.15) is 5.26 Å². The Morgan fingerprint density at radius 3 is 2.45 bits per heavy atom. The van der Waals surface area contributed by atoms with E-state index < -0.39 is 5.92 Å². The first-order chi connectivity index (χ1) is 9.79. The Balaban J connectivity index is 2.01. The molecule has 3 rings (SSSR count). The van der Waals surface area contributed by atoms with E-state index in [4.69, 9.17) is 0 Å². The number of carbonyl (C=O) groups excluding carboxylic acids is 1. The van der Waals surface area contributed by atoms with Crippen molar-refractivity contribution in [3.05, 3.63) is 71.1 Å². The summed E-state index contributed by atoms with van der Waals surface area (Å²) in [5.41, 5.74) is 0.748. The zero-order valence-electron chi connectivity index (χ0n) is 10.6. The van der Waals surface area contributed by atoms with Crippen molar-refractivity contribution in [1.29, 1.82) is 5.26 Å². The van der Waals surface area contributed by atoms with Gasteiger partial charge >= 0.3 is 0 Å². The van der Waals surface area contributed by atoms with E-state index in [1.807, 2.05) is 60.7 Å². The maximum atomic E-state index is 12.5. The lowest BCUT2D eigenvalue weighted by Gasteiger charge is -2.06. The molecule has 1 heterocycles. The third-order valence-electron chi connectivity index (χ3n) is 3.19. The van der Waals surface area contributed by atoms with Gasteiger partial charge in [0.15, 0.2) is 5.78 Å². The molecule has 2 aromatic carbocycles. The summed E-state index contributed by atoms with van der Waals surface area (Å²) in [6, 6.07) is 21.1. The molecule has 0 aliphatic rings. The van der Waals surface area contributed by atoms with Gasteiger partial charge in [-0.25, -0.2) is 0 Å². The van der Waals surface area contributed by atoms with E-state index in [1.54, 1.807) is 0 Å². The fraction of sp³-hybridized carbons (Fsp3) is 0.0588. The first-order valence-electron chi connectivity index (χ1n) is 6.27. The molecule has 0 bridgehead atoms. The molecule has 0 radical (unpaired) electrons. The van der Waals surface area contributed by atoms with Crippen molar-refractivity contribution in [2.24, 2.45) is 0 Å². The Kier molecular flexibility index (Phi) is 3.32. The number of nitriles is 1. The topological polar surface area (TPSA) is 40.9 Å². The van der Waals surface area contributed by atoms with Crippen LogP contribution in [0.1, 0.15) is 21.2 Å². The second-order valence-electron chi connectivity index (χ2n) is 4.49. The molecule has 1 unspecified atom stereocenters. The fourth-order valence-corrected chi connectivity index (χ4v) is 3.21. The summed E-state index contributed by atoms with van der Waals surface area (Å²) >= 11 is 1.44. The third-order valence-corrected chi connectivity index (χ3v) is 4.32. The predicted molar refractivity (Wildman–Crippen MR) is 81.0 cm³/mol. The monoisotopic (exact) mass is 277 g/mol. The predicted octanol–water partition coefficient (Wildman–Crippen LogP) is 4.39. The highest BCUT2D eigenvalue weighted by atomic mass is 32.1. The van der Waals surface area contributed by atoms with Gasteiger partial charge in [0.2, 0.25) is 0 Å². The number of rotatable bonds is 3. The molecule has 0 saturated heterocycles. The summed E-state index contributed by atoms with van der Waals surface area (Å²) in [7, 11) is 0. The minimum absolute atomic E-state index is 0.125. The van der Waals surface area contributed by atoms with Crippen molar-refractivity contribution < 1.29 is 4.79 Å². The molecule has 0 aliphatic heterocycles. The Morgan fingerprint density at radius 1 is 1.05 bits per heavy atom. The lowest BCUT2D eigenvalue weighted by Crippen LogP contribution is -2.09. The Morgan fingerprint density at radius 2 is 1.75 bits per heavy atom. The summed E-state index contributed by atoms with van der Waals surface area (Å²) in [5, 5.41) is 10.4. The first kappa shape index (κ1) is 12.6. The molecule has 0 spiro atoms. The largest absolute Gasteiger partial charge is 0.291 e. The van der Waals surface area contributed by atoms with Gasteiger partial charge in [-0.05, 0) is 23.1 Å². The van der Waals surface area contributed by atoms with E-state index >= 15 is 0 Å². The zero-order valence-corrected chi connectivity index (χ0v) is 11.4. The van der Waals surface area contributed by atoms with Crippen molar-refractivity contribution in [3.63, 3.8) is 0 Å². The van der Waals surface area contributed by atoms with Gasteiger partial charge in [-0.1, -0.05) is 48.5 Å². The van der Waals surface area contributed by atoms with E-state index in [2.05, 4.69) is 6.07 Å². The highest BCUT2D eigenvalue weighted by Gasteiger charge is 2.23. The minimum Gasteiger partial charge on any atom is -0.291 e. The van der Waals surface area contributed by atoms with Gasteiger partial charge in [0, 0.05) is 4.70 Å². The van der Waals surface area contributed by atoms with E-state index in [0.29, 0.717) is 4.88 Å². The van der Waals surface area contributed by atoms with E-state index in [1.165, 1.54) is 11.3 Å². The van der Waals surface area contributed by atoms with Crippen LogP contribution in [0.3, 0.4) is 0 Å². The zero-order chi connectivity index (χ0) is 13.9. The molecule has 3 heteroatoms. The number of benzene rings is 2. The number of fused-ring (bicyclic) bond motifs is 1. The van der Waals surface area contributed by atoms with E-state index in [0.717, 1.165) is 15.6 Å². The summed E-state index contributed by atoms with van der Waals surface area (Å²) < 4.78 is 1.07. The molecule has 0 fully saturated rings. The molecule has 0 N–H and O–H groups in total. The summed E-state index contributed by atoms with van der Waals surface area (Å²) in [6.45, 7) is 0. The lowest BCUT2D eigenvalue weighted by molar-refractivity contribution is 0.0983. The van der Waals surface area contributed by atoms with Gasteiger partial charge in [-0.3, -0.25) is 4.79 Å². The number of hydrogen-bond acceptors (Lipinski definition) is 3. The molecule has 0 amide bonds. The van der Waals surface area contributed by atoms with Crippen molar-refractivity contribution in [2.75, 3.05) is 0 Å². The van der Waals surface area contributed by atoms with Crippen LogP contribution in [0.2, 0.25) is 0 Å². The SMILES string of the molecule is N#CC(C(=O)c1cc2ccccc2s1)c1ccccc1. The first-order valence-corrected chi connectivity index (χ1v) is 7.08. The standard InChI is InChI=1S/C17H11NOS/c18-11-14(12-6-2-1-3-7-12)17(19)16-10-13-8-4-5-9-15(13)20-16/h1-10,14H. The molecule has 3 aromatic rings. The molecular weight excluding hydrogens is 266 g/mol.